The van der Waals surface area contributed by atoms with Gasteiger partial charge in [0.15, 0.2) is 0 Å². The first kappa shape index (κ1) is 9.93. The molecule has 0 heterocycles. The first-order valence-electron chi connectivity index (χ1n) is 5.13. The topological polar surface area (TPSA) is 66.8 Å². The summed E-state index contributed by atoms with van der Waals surface area (Å²) in [6.45, 7) is 1.38. The van der Waals surface area contributed by atoms with Gasteiger partial charge in [0.2, 0.25) is 0 Å². The van der Waals surface area contributed by atoms with Crippen LogP contribution in [-0.4, -0.2) is 34.5 Å². The third kappa shape index (κ3) is 1.53. The molecule has 0 aliphatic heterocycles. The first-order chi connectivity index (χ1) is 6.59. The third-order valence-electron chi connectivity index (χ3n) is 3.45. The highest BCUT2D eigenvalue weighted by Gasteiger charge is 2.50. The third-order valence-corrected chi connectivity index (χ3v) is 3.45. The van der Waals surface area contributed by atoms with E-state index in [0.29, 0.717) is 12.3 Å². The van der Waals surface area contributed by atoms with Gasteiger partial charge in [-0.2, -0.15) is 0 Å². The fourth-order valence-electron chi connectivity index (χ4n) is 2.90. The number of aliphatic hydroxyl groups is 2. The Kier molecular flexibility index (Phi) is 2.49. The maximum Gasteiger partial charge on any atom is 0.302 e. The molecule has 0 amide bonds. The highest BCUT2D eigenvalue weighted by Crippen LogP contribution is 2.45. The summed E-state index contributed by atoms with van der Waals surface area (Å²) in [6, 6.07) is 0. The fraction of sp³-hybridized carbons (Fsp3) is 0.900. The Labute approximate surface area is 82.9 Å². The van der Waals surface area contributed by atoms with Crippen molar-refractivity contribution in [3.05, 3.63) is 0 Å². The monoisotopic (exact) mass is 200 g/mol. The lowest BCUT2D eigenvalue weighted by Gasteiger charge is -2.22. The number of esters is 1. The van der Waals surface area contributed by atoms with Crippen molar-refractivity contribution in [3.63, 3.8) is 0 Å². The van der Waals surface area contributed by atoms with Gasteiger partial charge in [-0.1, -0.05) is 0 Å². The minimum absolute atomic E-state index is 0.0473. The summed E-state index contributed by atoms with van der Waals surface area (Å²) >= 11 is 0. The molecule has 0 saturated heterocycles. The lowest BCUT2D eigenvalue weighted by atomic mass is 9.97. The number of hydrogen-bond donors (Lipinski definition) is 2. The van der Waals surface area contributed by atoms with Crippen molar-refractivity contribution in [2.24, 2.45) is 11.8 Å². The molecule has 2 fully saturated rings. The molecule has 2 rings (SSSR count). The van der Waals surface area contributed by atoms with E-state index >= 15 is 0 Å². The highest BCUT2D eigenvalue weighted by atomic mass is 16.5. The van der Waals surface area contributed by atoms with Crippen molar-refractivity contribution in [2.75, 3.05) is 0 Å². The largest absolute Gasteiger partial charge is 0.462 e. The van der Waals surface area contributed by atoms with Gasteiger partial charge in [-0.25, -0.2) is 0 Å². The molecule has 5 atom stereocenters. The molecule has 2 aliphatic carbocycles. The lowest BCUT2D eigenvalue weighted by Crippen LogP contribution is -2.34. The van der Waals surface area contributed by atoms with E-state index in [9.17, 15) is 15.0 Å². The number of rotatable bonds is 1. The summed E-state index contributed by atoms with van der Waals surface area (Å²) in [5.74, 6) is -0.0255. The summed E-state index contributed by atoms with van der Waals surface area (Å²) in [5, 5.41) is 19.2. The zero-order valence-corrected chi connectivity index (χ0v) is 8.22. The molecule has 0 spiro atoms. The van der Waals surface area contributed by atoms with Crippen LogP contribution in [0.1, 0.15) is 26.2 Å². The predicted octanol–water partition coefficient (Wildman–Crippen LogP) is 0.0698. The van der Waals surface area contributed by atoms with E-state index in [4.69, 9.17) is 4.74 Å². The van der Waals surface area contributed by atoms with Crippen LogP contribution in [0.4, 0.5) is 0 Å². The van der Waals surface area contributed by atoms with Gasteiger partial charge < -0.3 is 14.9 Å². The molecule has 2 saturated carbocycles. The van der Waals surface area contributed by atoms with Crippen molar-refractivity contribution < 1.29 is 19.7 Å². The minimum atomic E-state index is -0.716. The minimum Gasteiger partial charge on any atom is -0.462 e. The highest BCUT2D eigenvalue weighted by molar-refractivity contribution is 5.66. The summed E-state index contributed by atoms with van der Waals surface area (Å²) in [7, 11) is 0. The summed E-state index contributed by atoms with van der Waals surface area (Å²) < 4.78 is 5.13. The number of carbonyl (C=O) groups is 1. The Hall–Kier alpha value is -0.610. The molecule has 2 aliphatic rings. The Balaban J connectivity index is 2.05. The molecule has 0 aromatic carbocycles. The Bertz CT molecular complexity index is 238. The van der Waals surface area contributed by atoms with E-state index in [-0.39, 0.29) is 18.0 Å². The maximum atomic E-state index is 10.8. The second-order valence-corrected chi connectivity index (χ2v) is 4.36. The summed E-state index contributed by atoms with van der Waals surface area (Å²) in [6.07, 6.45) is 0.860. The van der Waals surface area contributed by atoms with Crippen LogP contribution in [0.25, 0.3) is 0 Å². The average Bonchev–Trinajstić information content (AvgIpc) is 2.57. The molecule has 4 nitrogen and oxygen atoms in total. The van der Waals surface area contributed by atoms with Gasteiger partial charge in [-0.15, -0.1) is 0 Å². The first-order valence-corrected chi connectivity index (χ1v) is 5.13. The van der Waals surface area contributed by atoms with E-state index in [1.807, 2.05) is 0 Å². The molecule has 80 valence electrons. The number of fused-ring (bicyclic) bond motifs is 1. The second-order valence-electron chi connectivity index (χ2n) is 4.36. The van der Waals surface area contributed by atoms with Gasteiger partial charge in [-0.05, 0) is 25.2 Å². The zero-order chi connectivity index (χ0) is 10.3. The van der Waals surface area contributed by atoms with Crippen molar-refractivity contribution in [3.8, 4) is 0 Å². The van der Waals surface area contributed by atoms with Crippen LogP contribution < -0.4 is 0 Å². The van der Waals surface area contributed by atoms with Crippen LogP contribution >= 0.6 is 0 Å². The number of aliphatic hydroxyl groups excluding tert-OH is 2. The fourth-order valence-corrected chi connectivity index (χ4v) is 2.90. The lowest BCUT2D eigenvalue weighted by molar-refractivity contribution is -0.150. The van der Waals surface area contributed by atoms with E-state index in [1.165, 1.54) is 6.92 Å². The average molecular weight is 200 g/mol. The summed E-state index contributed by atoms with van der Waals surface area (Å²) in [5.41, 5.74) is 0. The molecule has 0 bridgehead atoms. The number of carbonyl (C=O) groups excluding carboxylic acids is 1. The standard InChI is InChI=1S/C10H16O4/c1-5(11)14-8-3-2-6-4-7(12)10(13)9(6)8/h6-10,12-13H,2-4H2,1H3/t6-,7-,8-,9+,10-/m1/s1. The molecule has 4 heteroatoms. The van der Waals surface area contributed by atoms with Gasteiger partial charge >= 0.3 is 5.97 Å². The quantitative estimate of drug-likeness (QED) is 0.588. The van der Waals surface area contributed by atoms with Crippen LogP contribution in [0.15, 0.2) is 0 Å². The summed E-state index contributed by atoms with van der Waals surface area (Å²) in [4.78, 5) is 10.8. The molecule has 2 N–H and O–H groups in total. The van der Waals surface area contributed by atoms with Crippen LogP contribution in [0, 0.1) is 11.8 Å². The van der Waals surface area contributed by atoms with Crippen LogP contribution in [0.5, 0.6) is 0 Å². The van der Waals surface area contributed by atoms with Crippen molar-refractivity contribution in [1.82, 2.24) is 0 Å². The smallest absolute Gasteiger partial charge is 0.302 e. The van der Waals surface area contributed by atoms with E-state index in [0.717, 1.165) is 12.8 Å². The van der Waals surface area contributed by atoms with E-state index in [2.05, 4.69) is 0 Å². The van der Waals surface area contributed by atoms with Crippen LogP contribution in [0.2, 0.25) is 0 Å². The molecule has 14 heavy (non-hydrogen) atoms. The van der Waals surface area contributed by atoms with Gasteiger partial charge in [0, 0.05) is 12.8 Å². The maximum absolute atomic E-state index is 10.8. The van der Waals surface area contributed by atoms with E-state index < -0.39 is 12.2 Å². The van der Waals surface area contributed by atoms with Crippen molar-refractivity contribution >= 4 is 5.97 Å². The Morgan fingerprint density at radius 1 is 1.36 bits per heavy atom. The van der Waals surface area contributed by atoms with Gasteiger partial charge in [0.25, 0.3) is 0 Å². The molecular formula is C10H16O4. The van der Waals surface area contributed by atoms with Gasteiger partial charge in [0.1, 0.15) is 6.10 Å². The van der Waals surface area contributed by atoms with Crippen molar-refractivity contribution in [2.45, 2.75) is 44.5 Å². The molecular weight excluding hydrogens is 184 g/mol. The Morgan fingerprint density at radius 3 is 2.71 bits per heavy atom. The Morgan fingerprint density at radius 2 is 2.07 bits per heavy atom. The van der Waals surface area contributed by atoms with Gasteiger partial charge in [0.05, 0.1) is 12.2 Å². The van der Waals surface area contributed by atoms with E-state index in [1.54, 1.807) is 0 Å². The molecule has 0 unspecified atom stereocenters. The molecule has 0 aromatic rings. The zero-order valence-electron chi connectivity index (χ0n) is 8.22. The normalized spacial score (nSPS) is 46.4. The van der Waals surface area contributed by atoms with Crippen molar-refractivity contribution in [1.29, 1.82) is 0 Å². The second kappa shape index (κ2) is 3.51. The SMILES string of the molecule is CC(=O)O[C@@H]1CC[C@@H]2C[C@@H](O)[C@@H](O)[C@@H]21. The van der Waals surface area contributed by atoms with Crippen LogP contribution in [-0.2, 0) is 9.53 Å². The molecule has 0 aromatic heterocycles. The molecule has 0 radical (unpaired) electrons. The number of ether oxygens (including phenoxy) is 1. The van der Waals surface area contributed by atoms with Crippen LogP contribution in [0.3, 0.4) is 0 Å². The predicted molar refractivity (Wildman–Crippen MR) is 48.4 cm³/mol. The van der Waals surface area contributed by atoms with Gasteiger partial charge in [-0.3, -0.25) is 4.79 Å². The number of hydrogen-bond acceptors (Lipinski definition) is 4.